The lowest BCUT2D eigenvalue weighted by molar-refractivity contribution is 0.339. The maximum absolute atomic E-state index is 4.85. The van der Waals surface area contributed by atoms with Crippen molar-refractivity contribution in [1.29, 1.82) is 0 Å². The first-order chi connectivity index (χ1) is 3.65. The molecule has 0 aromatic rings. The van der Waals surface area contributed by atoms with Crippen molar-refractivity contribution in [2.75, 3.05) is 7.11 Å². The molecule has 0 fully saturated rings. The monoisotopic (exact) mass is 154 g/mol. The number of methoxy groups -OCH3 is 1. The van der Waals surface area contributed by atoms with E-state index in [9.17, 15) is 0 Å². The van der Waals surface area contributed by atoms with E-state index in [2.05, 4.69) is 17.9 Å². The highest BCUT2D eigenvalue weighted by atomic mass is 35.5. The van der Waals surface area contributed by atoms with Crippen LogP contribution in [0.15, 0.2) is 23.9 Å². The van der Waals surface area contributed by atoms with Crippen molar-refractivity contribution in [3.05, 3.63) is 23.9 Å². The molecule has 0 aromatic carbocycles. The highest BCUT2D eigenvalue weighted by Gasteiger charge is 1.60. The van der Waals surface area contributed by atoms with Crippen molar-refractivity contribution < 1.29 is 4.74 Å². The summed E-state index contributed by atoms with van der Waals surface area (Å²) in [4.78, 5) is 0. The Hall–Kier alpha value is -0.140. The fourth-order valence-corrected chi connectivity index (χ4v) is 0. The zero-order valence-electron chi connectivity index (χ0n) is 4.66. The van der Waals surface area contributed by atoms with Crippen LogP contribution in [0.4, 0.5) is 0 Å². The average Bonchev–Trinajstić information content (AvgIpc) is 1.65. The molecule has 0 unspecified atom stereocenters. The summed E-state index contributed by atoms with van der Waals surface area (Å²) in [5.74, 6) is 0. The van der Waals surface area contributed by atoms with Crippen molar-refractivity contribution in [2.24, 2.45) is 0 Å². The van der Waals surface area contributed by atoms with Crippen molar-refractivity contribution in [2.45, 2.75) is 0 Å². The molecule has 0 spiro atoms. The van der Waals surface area contributed by atoms with Crippen LogP contribution in [0.5, 0.6) is 0 Å². The van der Waals surface area contributed by atoms with E-state index >= 15 is 0 Å². The highest BCUT2D eigenvalue weighted by molar-refractivity contribution is 6.55. The third kappa shape index (κ3) is 187. The van der Waals surface area contributed by atoms with Crippen molar-refractivity contribution in [3.63, 3.8) is 0 Å². The first kappa shape index (κ1) is 10.8. The molecule has 8 heavy (non-hydrogen) atoms. The number of hydrogen-bond acceptors (Lipinski definition) is 1. The predicted octanol–water partition coefficient (Wildman–Crippen LogP) is 2.71. The van der Waals surface area contributed by atoms with Gasteiger partial charge < -0.3 is 4.74 Å². The van der Waals surface area contributed by atoms with Gasteiger partial charge in [0.15, 0.2) is 0 Å². The smallest absolute Gasteiger partial charge is 0.0992 e. The third-order valence-corrected chi connectivity index (χ3v) is 0.167. The lowest BCUT2D eigenvalue weighted by Gasteiger charge is -1.73. The van der Waals surface area contributed by atoms with Crippen molar-refractivity contribution in [3.8, 4) is 0 Å². The molecule has 0 N–H and O–H groups in total. The van der Waals surface area contributed by atoms with Gasteiger partial charge in [0.2, 0.25) is 0 Å². The van der Waals surface area contributed by atoms with Crippen LogP contribution < -0.4 is 0 Å². The highest BCUT2D eigenvalue weighted by Crippen LogP contribution is 1.98. The minimum atomic E-state index is 0.111. The number of rotatable bonds is 1. The first-order valence-electron chi connectivity index (χ1n) is 1.78. The summed E-state index contributed by atoms with van der Waals surface area (Å²) in [5.41, 5.74) is 0. The second-order valence-corrected chi connectivity index (χ2v) is 1.85. The molecule has 0 atom stereocenters. The summed E-state index contributed by atoms with van der Waals surface area (Å²) in [5, 5.41) is 0. The van der Waals surface area contributed by atoms with Gasteiger partial charge in [0.1, 0.15) is 0 Å². The Bertz CT molecular complexity index is 66.8. The maximum atomic E-state index is 4.85. The molecule has 0 saturated heterocycles. The molecule has 0 aliphatic heterocycles. The minimum absolute atomic E-state index is 0.111. The van der Waals surface area contributed by atoms with E-state index in [0.717, 1.165) is 0 Å². The molecule has 0 aliphatic rings. The van der Waals surface area contributed by atoms with Gasteiger partial charge in [-0.3, -0.25) is 0 Å². The van der Waals surface area contributed by atoms with Crippen LogP contribution in [-0.4, -0.2) is 7.11 Å². The van der Waals surface area contributed by atoms with Crippen LogP contribution in [0, 0.1) is 0 Å². The Morgan fingerprint density at radius 3 is 1.75 bits per heavy atom. The lowest BCUT2D eigenvalue weighted by Crippen LogP contribution is -1.54. The molecule has 1 nitrogen and oxygen atoms in total. The van der Waals surface area contributed by atoms with Gasteiger partial charge in [0.05, 0.1) is 17.9 Å². The van der Waals surface area contributed by atoms with Gasteiger partial charge in [0, 0.05) is 0 Å². The first-order valence-corrected chi connectivity index (χ1v) is 2.54. The van der Waals surface area contributed by atoms with Gasteiger partial charge in [-0.1, -0.05) is 36.4 Å². The average molecular weight is 155 g/mol. The van der Waals surface area contributed by atoms with Crippen molar-refractivity contribution >= 4 is 23.2 Å². The Morgan fingerprint density at radius 2 is 1.75 bits per heavy atom. The minimum Gasteiger partial charge on any atom is -0.505 e. The normalized spacial score (nSPS) is 5.88. The molecule has 0 heterocycles. The Balaban J connectivity index is 0. The summed E-state index contributed by atoms with van der Waals surface area (Å²) in [7, 11) is 1.56. The predicted molar refractivity (Wildman–Crippen MR) is 38.1 cm³/mol. The molecule has 0 radical (unpaired) electrons. The third-order valence-electron chi connectivity index (χ3n) is 0.167. The summed E-state index contributed by atoms with van der Waals surface area (Å²) >= 11 is 9.69. The van der Waals surface area contributed by atoms with Gasteiger partial charge in [-0.25, -0.2) is 0 Å². The van der Waals surface area contributed by atoms with Crippen LogP contribution in [-0.2, 0) is 4.74 Å². The SMILES string of the molecule is C=C(Cl)Cl.C=COC. The van der Waals surface area contributed by atoms with Crippen LogP contribution in [0.3, 0.4) is 0 Å². The van der Waals surface area contributed by atoms with Gasteiger partial charge in [-0.2, -0.15) is 0 Å². The van der Waals surface area contributed by atoms with Crippen LogP contribution >= 0.6 is 23.2 Å². The van der Waals surface area contributed by atoms with Gasteiger partial charge in [-0.15, -0.1) is 0 Å². The number of ether oxygens (including phenoxy) is 1. The molecule has 0 aromatic heterocycles. The van der Waals surface area contributed by atoms with E-state index in [0.29, 0.717) is 0 Å². The number of halogens is 2. The Kier molecular flexibility index (Phi) is 13.4. The van der Waals surface area contributed by atoms with Crippen LogP contribution in [0.2, 0.25) is 0 Å². The van der Waals surface area contributed by atoms with Crippen LogP contribution in [0.25, 0.3) is 0 Å². The fourth-order valence-electron chi connectivity index (χ4n) is 0. The topological polar surface area (TPSA) is 9.23 Å². The molecule has 0 aliphatic carbocycles. The van der Waals surface area contributed by atoms with Crippen molar-refractivity contribution in [1.82, 2.24) is 0 Å². The van der Waals surface area contributed by atoms with E-state index in [1.54, 1.807) is 7.11 Å². The molecule has 0 rings (SSSR count). The molecule has 0 saturated carbocycles. The molecular formula is C5H8Cl2O. The maximum Gasteiger partial charge on any atom is 0.0992 e. The summed E-state index contributed by atoms with van der Waals surface area (Å²) in [6.45, 7) is 6.34. The van der Waals surface area contributed by atoms with Gasteiger partial charge >= 0.3 is 0 Å². The van der Waals surface area contributed by atoms with E-state index in [1.807, 2.05) is 0 Å². The molecule has 0 bridgehead atoms. The van der Waals surface area contributed by atoms with E-state index < -0.39 is 0 Å². The standard InChI is InChI=1S/C3H6O.C2H2Cl2/c1-3-4-2;1-2(3)4/h3H,1H2,2H3;1H2. The summed E-state index contributed by atoms with van der Waals surface area (Å²) in [6, 6.07) is 0. The second-order valence-electron chi connectivity index (χ2n) is 0.741. The molecule has 48 valence electrons. The second kappa shape index (κ2) is 9.97. The molecule has 0 amide bonds. The van der Waals surface area contributed by atoms with E-state index in [-0.39, 0.29) is 4.49 Å². The fraction of sp³-hybridized carbons (Fsp3) is 0.200. The quantitative estimate of drug-likeness (QED) is 0.529. The van der Waals surface area contributed by atoms with Crippen LogP contribution in [0.1, 0.15) is 0 Å². The van der Waals surface area contributed by atoms with E-state index in [1.165, 1.54) is 6.26 Å². The zero-order chi connectivity index (χ0) is 6.99. The molecular weight excluding hydrogens is 147 g/mol. The van der Waals surface area contributed by atoms with E-state index in [4.69, 9.17) is 23.2 Å². The summed E-state index contributed by atoms with van der Waals surface area (Å²) < 4.78 is 4.42. The number of hydrogen-bond donors (Lipinski definition) is 0. The Labute approximate surface area is 59.5 Å². The largest absolute Gasteiger partial charge is 0.505 e. The molecule has 3 heteroatoms. The Morgan fingerprint density at radius 1 is 1.62 bits per heavy atom. The zero-order valence-corrected chi connectivity index (χ0v) is 6.17. The lowest BCUT2D eigenvalue weighted by atomic mass is 11.2. The summed E-state index contributed by atoms with van der Waals surface area (Å²) in [6.07, 6.45) is 1.38. The van der Waals surface area contributed by atoms with Gasteiger partial charge in [-0.05, 0) is 0 Å². The van der Waals surface area contributed by atoms with Gasteiger partial charge in [0.25, 0.3) is 0 Å².